The minimum absolute atomic E-state index is 0.0831. The Bertz CT molecular complexity index is 1780. The lowest BCUT2D eigenvalue weighted by atomic mass is 10.0. The van der Waals surface area contributed by atoms with Gasteiger partial charge in [0.2, 0.25) is 0 Å². The molecule has 10 heteroatoms. The van der Waals surface area contributed by atoms with Crippen LogP contribution in [0, 0.1) is 6.92 Å². The third kappa shape index (κ3) is 7.09. The Morgan fingerprint density at radius 3 is 2.55 bits per heavy atom. The molecule has 0 saturated carbocycles. The van der Waals surface area contributed by atoms with Gasteiger partial charge in [0.05, 0.1) is 23.4 Å². The van der Waals surface area contributed by atoms with Crippen LogP contribution in [-0.4, -0.2) is 52.6 Å². The van der Waals surface area contributed by atoms with Crippen LogP contribution in [0.5, 0.6) is 0 Å². The van der Waals surface area contributed by atoms with Crippen LogP contribution in [0.4, 0.5) is 11.6 Å². The van der Waals surface area contributed by atoms with Crippen LogP contribution in [-0.2, 0) is 11.3 Å². The quantitative estimate of drug-likeness (QED) is 0.0971. The Kier molecular flexibility index (Phi) is 9.75. The average molecular weight is 593 g/mol. The summed E-state index contributed by atoms with van der Waals surface area (Å²) >= 11 is 0. The normalized spacial score (nSPS) is 13.7. The maximum atomic E-state index is 13.4. The number of carbonyl (C=O) groups excluding carboxylic acids is 2. The summed E-state index contributed by atoms with van der Waals surface area (Å²) in [5.41, 5.74) is 13.7. The number of amides is 1. The number of aromatic nitrogens is 3. The summed E-state index contributed by atoms with van der Waals surface area (Å²) in [4.78, 5) is 42.7. The highest BCUT2D eigenvalue weighted by Crippen LogP contribution is 2.38. The molecule has 3 heterocycles. The number of aromatic amines is 1. The zero-order valence-corrected chi connectivity index (χ0v) is 26.3. The molecule has 0 radical (unpaired) electrons. The van der Waals surface area contributed by atoms with E-state index in [0.717, 1.165) is 56.5 Å². The van der Waals surface area contributed by atoms with Crippen molar-refractivity contribution >= 4 is 46.6 Å². The highest BCUT2D eigenvalue weighted by Gasteiger charge is 2.31. The first-order chi connectivity index (χ1) is 21.0. The van der Waals surface area contributed by atoms with E-state index in [4.69, 9.17) is 5.73 Å². The zero-order valence-electron chi connectivity index (χ0n) is 26.3. The van der Waals surface area contributed by atoms with Crippen molar-refractivity contribution in [3.05, 3.63) is 88.9 Å². The molecule has 5 N–H and O–H groups in total. The number of rotatable bonds is 7. The van der Waals surface area contributed by atoms with Gasteiger partial charge in [0.15, 0.2) is 0 Å². The molecule has 44 heavy (non-hydrogen) atoms. The number of allylic oxidation sites excluding steroid dienone is 2. The number of nitrogens with zero attached hydrogens (tertiary/aromatic N) is 4. The van der Waals surface area contributed by atoms with Gasteiger partial charge < -0.3 is 26.3 Å². The molecule has 0 fully saturated rings. The number of hydrogen-bond acceptors (Lipinski definition) is 7. The summed E-state index contributed by atoms with van der Waals surface area (Å²) in [7, 11) is 3.77. The Balaban J connectivity index is 0.000000670. The van der Waals surface area contributed by atoms with Gasteiger partial charge in [0.1, 0.15) is 12.1 Å². The number of H-pyrrole nitrogens is 1. The number of anilines is 1. The first-order valence-electron chi connectivity index (χ1n) is 14.4. The topological polar surface area (TPSA) is 141 Å². The molecule has 4 aromatic rings. The standard InChI is InChI=1S/C29H27N7O2.C5H13N/c1-17-14-33-29(34-25(30)13-18(2)31-3)35-26(17)22-15-32-27-20(22)9-5-11-24(27)36-16-23-19(8-6-12-37)7-4-10-21(23)28(36)38;1-5(2,3)6-4/h4-15,31-32H,16H2,1-3H3,(H2,30,33,34,35);6H,1-4H3/b8-6+,18-13-;. The number of benzene rings is 2. The van der Waals surface area contributed by atoms with E-state index in [-0.39, 0.29) is 11.9 Å². The molecule has 1 aliphatic heterocycles. The number of nitrogens with two attached hydrogens (primary N) is 1. The summed E-state index contributed by atoms with van der Waals surface area (Å²) in [5, 5.41) is 7.03. The van der Waals surface area contributed by atoms with Gasteiger partial charge in [-0.2, -0.15) is 4.99 Å². The van der Waals surface area contributed by atoms with Crippen LogP contribution in [0.15, 0.2) is 71.6 Å². The van der Waals surface area contributed by atoms with E-state index in [1.165, 1.54) is 6.08 Å². The lowest BCUT2D eigenvalue weighted by molar-refractivity contribution is -0.104. The second-order valence-corrected chi connectivity index (χ2v) is 11.5. The smallest absolute Gasteiger partial charge is 0.259 e. The van der Waals surface area contributed by atoms with Crippen molar-refractivity contribution in [2.75, 3.05) is 19.0 Å². The average Bonchev–Trinajstić information content (AvgIpc) is 3.58. The largest absolute Gasteiger partial charge is 0.392 e. The van der Waals surface area contributed by atoms with Crippen LogP contribution in [0.3, 0.4) is 0 Å². The monoisotopic (exact) mass is 592 g/mol. The van der Waals surface area contributed by atoms with Gasteiger partial charge >= 0.3 is 0 Å². The molecule has 2 aromatic carbocycles. The van der Waals surface area contributed by atoms with E-state index in [1.54, 1.807) is 23.2 Å². The summed E-state index contributed by atoms with van der Waals surface area (Å²) in [6, 6.07) is 11.4. The molecule has 0 bridgehead atoms. The highest BCUT2D eigenvalue weighted by atomic mass is 16.2. The summed E-state index contributed by atoms with van der Waals surface area (Å²) in [5.74, 6) is 0.470. The molecule has 10 nitrogen and oxygen atoms in total. The lowest BCUT2D eigenvalue weighted by Gasteiger charge is -2.17. The SMILES string of the molecule is CN/C(C)=C\C(N)=N/c1ncc(C)c(-c2c[nH]c3c(N4Cc5c(/C=C/C=O)cccc5C4=O)cccc23)n1.CNC(C)(C)C. The van der Waals surface area contributed by atoms with Crippen molar-refractivity contribution in [3.63, 3.8) is 0 Å². The Hall–Kier alpha value is -5.09. The maximum absolute atomic E-state index is 13.4. The van der Waals surface area contributed by atoms with Crippen molar-refractivity contribution in [3.8, 4) is 11.3 Å². The van der Waals surface area contributed by atoms with E-state index >= 15 is 0 Å². The van der Waals surface area contributed by atoms with Crippen molar-refractivity contribution in [2.24, 2.45) is 10.7 Å². The third-order valence-electron chi connectivity index (χ3n) is 7.29. The van der Waals surface area contributed by atoms with Crippen LogP contribution in [0.2, 0.25) is 0 Å². The number of para-hydroxylation sites is 1. The molecular formula is C34H40N8O2. The molecule has 228 valence electrons. The van der Waals surface area contributed by atoms with Crippen molar-refractivity contribution in [2.45, 2.75) is 46.7 Å². The molecule has 0 saturated heterocycles. The van der Waals surface area contributed by atoms with Gasteiger partial charge in [-0.15, -0.1) is 0 Å². The van der Waals surface area contributed by atoms with E-state index in [2.05, 4.69) is 51.3 Å². The fourth-order valence-corrected chi connectivity index (χ4v) is 4.61. The first kappa shape index (κ1) is 31.8. The predicted octanol–water partition coefficient (Wildman–Crippen LogP) is 5.42. The molecule has 2 aromatic heterocycles. The number of nitrogens with one attached hydrogen (secondary N) is 3. The second kappa shape index (κ2) is 13.5. The molecule has 1 aliphatic rings. The van der Waals surface area contributed by atoms with Gasteiger partial charge in [-0.1, -0.05) is 30.3 Å². The minimum Gasteiger partial charge on any atom is -0.392 e. The molecule has 0 spiro atoms. The summed E-state index contributed by atoms with van der Waals surface area (Å²) in [6.07, 6.45) is 9.23. The van der Waals surface area contributed by atoms with Gasteiger partial charge in [-0.05, 0) is 82.6 Å². The van der Waals surface area contributed by atoms with Crippen LogP contribution >= 0.6 is 0 Å². The molecule has 0 aliphatic carbocycles. The van der Waals surface area contributed by atoms with Gasteiger partial charge in [0, 0.05) is 47.2 Å². The second-order valence-electron chi connectivity index (χ2n) is 11.5. The predicted molar refractivity (Wildman–Crippen MR) is 179 cm³/mol. The van der Waals surface area contributed by atoms with Crippen molar-refractivity contribution in [1.82, 2.24) is 25.6 Å². The Morgan fingerprint density at radius 1 is 1.14 bits per heavy atom. The van der Waals surface area contributed by atoms with Crippen molar-refractivity contribution in [1.29, 1.82) is 0 Å². The number of amidine groups is 1. The van der Waals surface area contributed by atoms with E-state index in [0.29, 0.717) is 23.5 Å². The molecule has 0 atom stereocenters. The third-order valence-corrected chi connectivity index (χ3v) is 7.29. The Labute approximate surface area is 258 Å². The number of aldehydes is 1. The fraction of sp³-hybridized carbons (Fsp3) is 0.265. The summed E-state index contributed by atoms with van der Waals surface area (Å²) in [6.45, 7) is 10.6. The minimum atomic E-state index is -0.0831. The Morgan fingerprint density at radius 2 is 1.86 bits per heavy atom. The number of fused-ring (bicyclic) bond motifs is 2. The molecular weight excluding hydrogens is 552 g/mol. The van der Waals surface area contributed by atoms with Crippen LogP contribution in [0.1, 0.15) is 54.7 Å². The van der Waals surface area contributed by atoms with Crippen LogP contribution in [0.25, 0.3) is 28.2 Å². The van der Waals surface area contributed by atoms with Gasteiger partial charge in [-0.25, -0.2) is 9.97 Å². The molecule has 5 rings (SSSR count). The number of hydrogen-bond donors (Lipinski definition) is 4. The molecule has 0 unspecified atom stereocenters. The number of carbonyl (C=O) groups is 2. The highest BCUT2D eigenvalue weighted by molar-refractivity contribution is 6.15. The van der Waals surface area contributed by atoms with E-state index < -0.39 is 0 Å². The summed E-state index contributed by atoms with van der Waals surface area (Å²) < 4.78 is 0. The van der Waals surface area contributed by atoms with E-state index in [1.807, 2.05) is 70.5 Å². The molecule has 1 amide bonds. The number of aliphatic imine (C=N–C) groups is 1. The van der Waals surface area contributed by atoms with Gasteiger partial charge in [-0.3, -0.25) is 9.59 Å². The lowest BCUT2D eigenvalue weighted by Crippen LogP contribution is -2.31. The van der Waals surface area contributed by atoms with Crippen LogP contribution < -0.4 is 21.3 Å². The maximum Gasteiger partial charge on any atom is 0.259 e. The fourth-order valence-electron chi connectivity index (χ4n) is 4.61. The van der Waals surface area contributed by atoms with Gasteiger partial charge in [0.25, 0.3) is 11.9 Å². The van der Waals surface area contributed by atoms with Crippen molar-refractivity contribution < 1.29 is 9.59 Å². The zero-order chi connectivity index (χ0) is 32.0. The first-order valence-corrected chi connectivity index (χ1v) is 14.4. The number of aryl methyl sites for hydroxylation is 1. The van der Waals surface area contributed by atoms with E-state index in [9.17, 15) is 9.59 Å².